The van der Waals surface area contributed by atoms with Crippen molar-refractivity contribution in [1.29, 1.82) is 0 Å². The van der Waals surface area contributed by atoms with Crippen molar-refractivity contribution in [2.24, 2.45) is 0 Å². The van der Waals surface area contributed by atoms with E-state index in [2.05, 4.69) is 154 Å². The van der Waals surface area contributed by atoms with Crippen LogP contribution in [-0.2, 0) is 28.6 Å². The lowest BCUT2D eigenvalue weighted by molar-refractivity contribution is -0.167. The second-order valence-electron chi connectivity index (χ2n) is 19.2. The van der Waals surface area contributed by atoms with Crippen LogP contribution < -0.4 is 0 Å². The Morgan fingerprint density at radius 3 is 0.890 bits per heavy atom. The van der Waals surface area contributed by atoms with Crippen molar-refractivity contribution in [3.8, 4) is 0 Å². The molecule has 0 saturated heterocycles. The number of carbonyl (C=O) groups is 3. The maximum atomic E-state index is 12.8. The fourth-order valence-corrected chi connectivity index (χ4v) is 7.71. The quantitative estimate of drug-likeness (QED) is 0.0261. The zero-order chi connectivity index (χ0) is 52.9. The number of ether oxygens (including phenoxy) is 3. The molecule has 0 aliphatic heterocycles. The molecule has 6 heteroatoms. The largest absolute Gasteiger partial charge is 0.462 e. The summed E-state index contributed by atoms with van der Waals surface area (Å²) < 4.78 is 16.8. The highest BCUT2D eigenvalue weighted by atomic mass is 16.6. The maximum Gasteiger partial charge on any atom is 0.306 e. The molecule has 0 rings (SSSR count). The van der Waals surface area contributed by atoms with Gasteiger partial charge in [0, 0.05) is 19.3 Å². The van der Waals surface area contributed by atoms with Crippen LogP contribution in [-0.4, -0.2) is 37.2 Å². The van der Waals surface area contributed by atoms with Gasteiger partial charge in [0.25, 0.3) is 0 Å². The van der Waals surface area contributed by atoms with Gasteiger partial charge in [-0.15, -0.1) is 0 Å². The summed E-state index contributed by atoms with van der Waals surface area (Å²) in [6.45, 7) is 6.40. The molecule has 0 aromatic rings. The van der Waals surface area contributed by atoms with Gasteiger partial charge >= 0.3 is 17.9 Å². The van der Waals surface area contributed by atoms with Crippen molar-refractivity contribution in [3.63, 3.8) is 0 Å². The lowest BCUT2D eigenvalue weighted by atomic mass is 10.1. The first-order chi connectivity index (χ1) is 36.0. The Hall–Kier alpha value is -4.45. The molecule has 0 N–H and O–H groups in total. The van der Waals surface area contributed by atoms with Crippen LogP contribution in [0.15, 0.2) is 134 Å². The fraction of sp³-hybridized carbons (Fsp3) is 0.627. The minimum Gasteiger partial charge on any atom is -0.462 e. The number of allylic oxidation sites excluding steroid dienone is 22. The molecule has 0 amide bonds. The van der Waals surface area contributed by atoms with Crippen LogP contribution in [0.5, 0.6) is 0 Å². The molecule has 0 saturated carbocycles. The van der Waals surface area contributed by atoms with E-state index in [9.17, 15) is 14.4 Å². The van der Waals surface area contributed by atoms with Gasteiger partial charge in [0.15, 0.2) is 6.10 Å². The topological polar surface area (TPSA) is 78.9 Å². The molecule has 0 radical (unpaired) electrons. The van der Waals surface area contributed by atoms with E-state index in [0.717, 1.165) is 167 Å². The highest BCUT2D eigenvalue weighted by Gasteiger charge is 2.19. The molecule has 6 nitrogen and oxygen atoms in total. The zero-order valence-corrected chi connectivity index (χ0v) is 47.1. The molecule has 0 aliphatic carbocycles. The van der Waals surface area contributed by atoms with E-state index in [-0.39, 0.29) is 31.1 Å². The van der Waals surface area contributed by atoms with Gasteiger partial charge in [0.1, 0.15) is 13.2 Å². The van der Waals surface area contributed by atoms with Crippen molar-refractivity contribution in [1.82, 2.24) is 0 Å². The van der Waals surface area contributed by atoms with E-state index in [1.807, 2.05) is 0 Å². The minimum absolute atomic E-state index is 0.0917. The first-order valence-corrected chi connectivity index (χ1v) is 29.7. The third kappa shape index (κ3) is 58.3. The second kappa shape index (κ2) is 60.1. The monoisotopic (exact) mass is 1010 g/mol. The van der Waals surface area contributed by atoms with Crippen LogP contribution in [0.2, 0.25) is 0 Å². The molecule has 0 heterocycles. The van der Waals surface area contributed by atoms with Crippen LogP contribution >= 0.6 is 0 Å². The van der Waals surface area contributed by atoms with E-state index in [1.165, 1.54) is 44.9 Å². The molecule has 0 aromatic carbocycles. The SMILES string of the molecule is CC/C=C\C/C=C\C/C=C\C/C=C\C/C=C\C/C=C\C/C=C\C/C=C\C/C=C\CCCCCCCC(=O)OCC(COC(=O)CCCCCCCCCCC)OC(=O)CCCCCCC/C=C\C/C=C\CCC. The predicted octanol–water partition coefficient (Wildman–Crippen LogP) is 20.2. The molecule has 0 spiro atoms. The smallest absolute Gasteiger partial charge is 0.306 e. The lowest BCUT2D eigenvalue weighted by Gasteiger charge is -2.18. The molecule has 73 heavy (non-hydrogen) atoms. The van der Waals surface area contributed by atoms with E-state index in [1.54, 1.807) is 0 Å². The standard InChI is InChI=1S/C67H108O6/c1-4-7-10-13-16-19-21-23-24-25-26-27-28-29-30-31-32-33-34-35-36-37-38-39-40-41-42-44-45-48-51-54-57-60-66(69)72-63-64(62-71-65(68)59-56-53-50-47-18-15-12-9-6-3)73-67(70)61-58-55-52-49-46-43-22-20-17-14-11-8-5-2/h7,10-11,14,16,19-20,22-24,26-27,29-30,32-33,35-36,38-39,41-42,64H,4-6,8-9,12-13,15,17-18,21,25,28,31,34,37,40,43-63H2,1-3H3/b10-7-,14-11-,19-16-,22-20-,24-23-,27-26-,30-29-,33-32-,36-35-,39-38-,42-41-. The molecule has 0 fully saturated rings. The zero-order valence-electron chi connectivity index (χ0n) is 47.1. The highest BCUT2D eigenvalue weighted by molar-refractivity contribution is 5.71. The molecule has 1 atom stereocenters. The van der Waals surface area contributed by atoms with Crippen LogP contribution in [0.1, 0.15) is 252 Å². The van der Waals surface area contributed by atoms with E-state index in [0.29, 0.717) is 19.3 Å². The first-order valence-electron chi connectivity index (χ1n) is 29.7. The van der Waals surface area contributed by atoms with Crippen LogP contribution in [0, 0.1) is 0 Å². The first kappa shape index (κ1) is 68.6. The van der Waals surface area contributed by atoms with Gasteiger partial charge < -0.3 is 14.2 Å². The fourth-order valence-electron chi connectivity index (χ4n) is 7.71. The van der Waals surface area contributed by atoms with Crippen molar-refractivity contribution >= 4 is 17.9 Å². The average molecular weight is 1010 g/mol. The van der Waals surface area contributed by atoms with Crippen LogP contribution in [0.25, 0.3) is 0 Å². The number of unbranched alkanes of at least 4 members (excludes halogenated alkanes) is 19. The van der Waals surface area contributed by atoms with Crippen molar-refractivity contribution < 1.29 is 28.6 Å². The summed E-state index contributed by atoms with van der Waals surface area (Å²) in [5.74, 6) is -0.933. The minimum atomic E-state index is -0.794. The van der Waals surface area contributed by atoms with Gasteiger partial charge in [-0.3, -0.25) is 14.4 Å². The normalized spacial score (nSPS) is 13.1. The average Bonchev–Trinajstić information content (AvgIpc) is 3.39. The molecule has 0 aromatic heterocycles. The van der Waals surface area contributed by atoms with Crippen LogP contribution in [0.4, 0.5) is 0 Å². The summed E-state index contributed by atoms with van der Waals surface area (Å²) >= 11 is 0. The van der Waals surface area contributed by atoms with E-state index >= 15 is 0 Å². The van der Waals surface area contributed by atoms with Crippen LogP contribution in [0.3, 0.4) is 0 Å². The van der Waals surface area contributed by atoms with Gasteiger partial charge in [-0.1, -0.05) is 251 Å². The molecule has 412 valence electrons. The lowest BCUT2D eigenvalue weighted by Crippen LogP contribution is -2.30. The molecule has 1 unspecified atom stereocenters. The Balaban J connectivity index is 4.24. The molecule has 0 aliphatic rings. The van der Waals surface area contributed by atoms with Gasteiger partial charge in [-0.25, -0.2) is 0 Å². The summed E-state index contributed by atoms with van der Waals surface area (Å²) in [5, 5.41) is 0. The number of hydrogen-bond donors (Lipinski definition) is 0. The Morgan fingerprint density at radius 2 is 0.562 bits per heavy atom. The Kier molecular flexibility index (Phi) is 56.4. The van der Waals surface area contributed by atoms with E-state index < -0.39 is 6.10 Å². The van der Waals surface area contributed by atoms with Crippen molar-refractivity contribution in [2.45, 2.75) is 258 Å². The van der Waals surface area contributed by atoms with Crippen molar-refractivity contribution in [3.05, 3.63) is 134 Å². The Bertz CT molecular complexity index is 1580. The number of esters is 3. The van der Waals surface area contributed by atoms with E-state index in [4.69, 9.17) is 14.2 Å². The summed E-state index contributed by atoms with van der Waals surface area (Å²) in [5.41, 5.74) is 0. The molecular weight excluding hydrogens is 901 g/mol. The van der Waals surface area contributed by atoms with Crippen molar-refractivity contribution in [2.75, 3.05) is 13.2 Å². The number of carbonyl (C=O) groups excluding carboxylic acids is 3. The summed E-state index contributed by atoms with van der Waals surface area (Å²) in [6.07, 6.45) is 84.6. The number of rotatable bonds is 52. The van der Waals surface area contributed by atoms with Gasteiger partial charge in [-0.05, 0) is 116 Å². The molecular formula is C67H108O6. The summed E-state index contributed by atoms with van der Waals surface area (Å²) in [6, 6.07) is 0. The third-order valence-corrected chi connectivity index (χ3v) is 12.1. The second-order valence-corrected chi connectivity index (χ2v) is 19.2. The third-order valence-electron chi connectivity index (χ3n) is 12.1. The molecule has 0 bridgehead atoms. The summed E-state index contributed by atoms with van der Waals surface area (Å²) in [4.78, 5) is 38.0. The number of hydrogen-bond acceptors (Lipinski definition) is 6. The summed E-state index contributed by atoms with van der Waals surface area (Å²) in [7, 11) is 0. The Labute approximate surface area is 449 Å². The maximum absolute atomic E-state index is 12.8. The Morgan fingerprint density at radius 1 is 0.288 bits per heavy atom. The van der Waals surface area contributed by atoms with Gasteiger partial charge in [0.2, 0.25) is 0 Å². The van der Waals surface area contributed by atoms with Gasteiger partial charge in [0.05, 0.1) is 0 Å². The highest BCUT2D eigenvalue weighted by Crippen LogP contribution is 2.14. The predicted molar refractivity (Wildman–Crippen MR) is 316 cm³/mol. The van der Waals surface area contributed by atoms with Gasteiger partial charge in [-0.2, -0.15) is 0 Å².